The number of thiazole rings is 1. The molecular weight excluding hydrogens is 248 g/mol. The van der Waals surface area contributed by atoms with Crippen LogP contribution >= 0.6 is 11.3 Å². The van der Waals surface area contributed by atoms with E-state index < -0.39 is 5.91 Å². The first-order valence-electron chi connectivity index (χ1n) is 5.44. The maximum absolute atomic E-state index is 11.1. The zero-order chi connectivity index (χ0) is 13.3. The van der Waals surface area contributed by atoms with Crippen LogP contribution in [0, 0.1) is 13.8 Å². The largest absolute Gasteiger partial charge is 0.496 e. The van der Waals surface area contributed by atoms with Crippen molar-refractivity contribution in [2.75, 3.05) is 7.11 Å². The molecule has 2 aromatic rings. The van der Waals surface area contributed by atoms with Crippen molar-refractivity contribution in [1.29, 1.82) is 0 Å². The molecule has 0 radical (unpaired) electrons. The van der Waals surface area contributed by atoms with Gasteiger partial charge in [-0.25, -0.2) is 4.98 Å². The fourth-order valence-electron chi connectivity index (χ4n) is 1.67. The molecular formula is C13H14N2O2S. The molecule has 94 valence electrons. The number of aromatic nitrogens is 1. The van der Waals surface area contributed by atoms with Crippen molar-refractivity contribution in [3.8, 4) is 17.0 Å². The monoisotopic (exact) mass is 262 g/mol. The Balaban J connectivity index is 2.55. The molecule has 0 bridgehead atoms. The first kappa shape index (κ1) is 12.6. The van der Waals surface area contributed by atoms with Crippen molar-refractivity contribution in [2.45, 2.75) is 13.8 Å². The number of carbonyl (C=O) groups is 1. The molecule has 1 aromatic carbocycles. The number of rotatable bonds is 3. The third kappa shape index (κ3) is 2.22. The number of carbonyl (C=O) groups excluding carboxylic acids is 1. The number of amides is 1. The number of hydrogen-bond donors (Lipinski definition) is 1. The van der Waals surface area contributed by atoms with Crippen molar-refractivity contribution in [2.24, 2.45) is 5.73 Å². The van der Waals surface area contributed by atoms with Crippen LogP contribution in [-0.4, -0.2) is 18.0 Å². The smallest absolute Gasteiger partial charge is 0.277 e. The Hall–Kier alpha value is -1.88. The summed E-state index contributed by atoms with van der Waals surface area (Å²) in [6.45, 7) is 4.05. The molecule has 0 spiro atoms. The standard InChI is InChI=1S/C13H14N2O2S/c1-7-4-9(11(17-3)5-8(7)2)10-6-18-13(15-10)12(14)16/h4-6H,1-3H3,(H2,14,16). The van der Waals surface area contributed by atoms with Gasteiger partial charge in [-0.05, 0) is 37.1 Å². The molecule has 0 aliphatic carbocycles. The SMILES string of the molecule is COc1cc(C)c(C)cc1-c1csc(C(N)=O)n1. The number of nitrogens with two attached hydrogens (primary N) is 1. The van der Waals surface area contributed by atoms with Crippen molar-refractivity contribution in [3.05, 3.63) is 33.6 Å². The first-order chi connectivity index (χ1) is 8.52. The fourth-order valence-corrected chi connectivity index (χ4v) is 2.34. The Morgan fingerprint density at radius 1 is 1.33 bits per heavy atom. The predicted molar refractivity (Wildman–Crippen MR) is 72.1 cm³/mol. The first-order valence-corrected chi connectivity index (χ1v) is 6.32. The minimum absolute atomic E-state index is 0.310. The Morgan fingerprint density at radius 2 is 2.00 bits per heavy atom. The molecule has 4 nitrogen and oxygen atoms in total. The summed E-state index contributed by atoms with van der Waals surface area (Å²) in [5, 5.41) is 2.12. The van der Waals surface area contributed by atoms with E-state index in [4.69, 9.17) is 10.5 Å². The number of benzene rings is 1. The van der Waals surface area contributed by atoms with Gasteiger partial charge >= 0.3 is 0 Å². The number of primary amides is 1. The minimum atomic E-state index is -0.506. The molecule has 2 rings (SSSR count). The summed E-state index contributed by atoms with van der Waals surface area (Å²) in [6, 6.07) is 3.97. The second-order valence-electron chi connectivity index (χ2n) is 4.04. The highest BCUT2D eigenvalue weighted by molar-refractivity contribution is 7.12. The van der Waals surface area contributed by atoms with Crippen LogP contribution < -0.4 is 10.5 Å². The molecule has 0 aliphatic rings. The third-order valence-corrected chi connectivity index (χ3v) is 3.66. The molecule has 0 atom stereocenters. The number of hydrogen-bond acceptors (Lipinski definition) is 4. The second kappa shape index (κ2) is 4.78. The molecule has 1 aromatic heterocycles. The molecule has 1 amide bonds. The second-order valence-corrected chi connectivity index (χ2v) is 4.90. The topological polar surface area (TPSA) is 65.2 Å². The molecule has 0 fully saturated rings. The van der Waals surface area contributed by atoms with Gasteiger partial charge < -0.3 is 10.5 Å². The highest BCUT2D eigenvalue weighted by Gasteiger charge is 2.13. The molecule has 0 saturated heterocycles. The van der Waals surface area contributed by atoms with E-state index in [2.05, 4.69) is 4.98 Å². The van der Waals surface area contributed by atoms with E-state index in [1.165, 1.54) is 11.3 Å². The number of methoxy groups -OCH3 is 1. The van der Waals surface area contributed by atoms with Crippen LogP contribution in [-0.2, 0) is 0 Å². The predicted octanol–water partition coefficient (Wildman–Crippen LogP) is 2.53. The van der Waals surface area contributed by atoms with E-state index in [0.29, 0.717) is 10.7 Å². The summed E-state index contributed by atoms with van der Waals surface area (Å²) in [5.41, 5.74) is 9.11. The summed E-state index contributed by atoms with van der Waals surface area (Å²) in [5.74, 6) is 0.244. The van der Waals surface area contributed by atoms with Gasteiger partial charge in [0.05, 0.1) is 12.8 Å². The van der Waals surface area contributed by atoms with Gasteiger partial charge in [-0.3, -0.25) is 4.79 Å². The molecule has 1 heterocycles. The zero-order valence-electron chi connectivity index (χ0n) is 10.5. The fraction of sp³-hybridized carbons (Fsp3) is 0.231. The van der Waals surface area contributed by atoms with Gasteiger partial charge in [-0.2, -0.15) is 0 Å². The number of nitrogens with zero attached hydrogens (tertiary/aromatic N) is 1. The van der Waals surface area contributed by atoms with Crippen LogP contribution in [0.3, 0.4) is 0 Å². The van der Waals surface area contributed by atoms with E-state index in [9.17, 15) is 4.79 Å². The van der Waals surface area contributed by atoms with Crippen LogP contribution in [0.4, 0.5) is 0 Å². The maximum Gasteiger partial charge on any atom is 0.277 e. The van der Waals surface area contributed by atoms with Crippen molar-refractivity contribution in [3.63, 3.8) is 0 Å². The lowest BCUT2D eigenvalue weighted by Gasteiger charge is -2.09. The van der Waals surface area contributed by atoms with Crippen molar-refractivity contribution >= 4 is 17.2 Å². The van der Waals surface area contributed by atoms with Gasteiger partial charge in [0, 0.05) is 10.9 Å². The van der Waals surface area contributed by atoms with Crippen LogP contribution in [0.1, 0.15) is 20.9 Å². The van der Waals surface area contributed by atoms with E-state index in [1.807, 2.05) is 31.4 Å². The Kier molecular flexibility index (Phi) is 3.34. The van der Waals surface area contributed by atoms with Gasteiger partial charge in [0.25, 0.3) is 5.91 Å². The van der Waals surface area contributed by atoms with Gasteiger partial charge in [0.2, 0.25) is 0 Å². The van der Waals surface area contributed by atoms with Crippen molar-refractivity contribution < 1.29 is 9.53 Å². The number of ether oxygens (including phenoxy) is 1. The summed E-state index contributed by atoms with van der Waals surface area (Å²) in [4.78, 5) is 15.3. The van der Waals surface area contributed by atoms with E-state index >= 15 is 0 Å². The average molecular weight is 262 g/mol. The van der Waals surface area contributed by atoms with Gasteiger partial charge in [-0.15, -0.1) is 11.3 Å². The van der Waals surface area contributed by atoms with Crippen LogP contribution in [0.2, 0.25) is 0 Å². The normalized spacial score (nSPS) is 10.4. The quantitative estimate of drug-likeness (QED) is 0.924. The summed E-state index contributed by atoms with van der Waals surface area (Å²) in [6.07, 6.45) is 0. The van der Waals surface area contributed by atoms with Gasteiger partial charge in [0.15, 0.2) is 5.01 Å². The lowest BCUT2D eigenvalue weighted by atomic mass is 10.0. The highest BCUT2D eigenvalue weighted by atomic mass is 32.1. The average Bonchev–Trinajstić information content (AvgIpc) is 2.81. The highest BCUT2D eigenvalue weighted by Crippen LogP contribution is 2.33. The Labute approximate surface area is 109 Å². The molecule has 2 N–H and O–H groups in total. The van der Waals surface area contributed by atoms with Gasteiger partial charge in [0.1, 0.15) is 5.75 Å². The van der Waals surface area contributed by atoms with Crippen molar-refractivity contribution in [1.82, 2.24) is 4.98 Å². The van der Waals surface area contributed by atoms with E-state index in [-0.39, 0.29) is 0 Å². The molecule has 5 heteroatoms. The zero-order valence-corrected chi connectivity index (χ0v) is 11.3. The maximum atomic E-state index is 11.1. The summed E-state index contributed by atoms with van der Waals surface area (Å²) < 4.78 is 5.35. The summed E-state index contributed by atoms with van der Waals surface area (Å²) in [7, 11) is 1.62. The Bertz CT molecular complexity index is 605. The van der Waals surface area contributed by atoms with E-state index in [0.717, 1.165) is 22.4 Å². The van der Waals surface area contributed by atoms with Crippen LogP contribution in [0.15, 0.2) is 17.5 Å². The Morgan fingerprint density at radius 3 is 2.56 bits per heavy atom. The minimum Gasteiger partial charge on any atom is -0.496 e. The lowest BCUT2D eigenvalue weighted by molar-refractivity contribution is 0.1000. The number of aryl methyl sites for hydroxylation is 2. The molecule has 18 heavy (non-hydrogen) atoms. The summed E-state index contributed by atoms with van der Waals surface area (Å²) >= 11 is 1.24. The van der Waals surface area contributed by atoms with E-state index in [1.54, 1.807) is 7.11 Å². The molecule has 0 unspecified atom stereocenters. The van der Waals surface area contributed by atoms with Crippen LogP contribution in [0.25, 0.3) is 11.3 Å². The molecule has 0 saturated carbocycles. The molecule has 0 aliphatic heterocycles. The lowest BCUT2D eigenvalue weighted by Crippen LogP contribution is -2.10. The third-order valence-electron chi connectivity index (χ3n) is 2.81. The van der Waals surface area contributed by atoms with Gasteiger partial charge in [-0.1, -0.05) is 0 Å². The van der Waals surface area contributed by atoms with Crippen LogP contribution in [0.5, 0.6) is 5.75 Å².